The third-order valence-electron chi connectivity index (χ3n) is 4.68. The Balaban J connectivity index is 1.48. The van der Waals surface area contributed by atoms with Crippen LogP contribution in [0.15, 0.2) is 24.5 Å². The normalized spacial score (nSPS) is 29.6. The molecular formula is C17H27N3O. The maximum Gasteiger partial charge on any atom is 0.0678 e. The van der Waals surface area contributed by atoms with Crippen LogP contribution in [-0.2, 0) is 11.3 Å². The summed E-state index contributed by atoms with van der Waals surface area (Å²) in [6.45, 7) is 10.0. The summed E-state index contributed by atoms with van der Waals surface area (Å²) in [5, 5.41) is 0. The van der Waals surface area contributed by atoms with Gasteiger partial charge in [0.2, 0.25) is 0 Å². The van der Waals surface area contributed by atoms with Crippen molar-refractivity contribution >= 4 is 0 Å². The first-order valence-corrected chi connectivity index (χ1v) is 8.21. The van der Waals surface area contributed by atoms with Gasteiger partial charge < -0.3 is 4.74 Å². The number of hydrogen-bond donors (Lipinski definition) is 0. The van der Waals surface area contributed by atoms with Gasteiger partial charge >= 0.3 is 0 Å². The van der Waals surface area contributed by atoms with Gasteiger partial charge in [-0.05, 0) is 57.5 Å². The summed E-state index contributed by atoms with van der Waals surface area (Å²) in [6.07, 6.45) is 7.10. The molecule has 0 amide bonds. The van der Waals surface area contributed by atoms with E-state index < -0.39 is 0 Å². The molecule has 0 saturated carbocycles. The molecule has 3 heterocycles. The molecule has 1 aromatic heterocycles. The molecule has 4 nitrogen and oxygen atoms in total. The summed E-state index contributed by atoms with van der Waals surface area (Å²) in [5.41, 5.74) is 1.37. The van der Waals surface area contributed by atoms with Crippen molar-refractivity contribution in [1.29, 1.82) is 0 Å². The van der Waals surface area contributed by atoms with Crippen molar-refractivity contribution in [2.24, 2.45) is 0 Å². The van der Waals surface area contributed by atoms with E-state index in [0.717, 1.165) is 25.7 Å². The molecule has 2 aliphatic heterocycles. The van der Waals surface area contributed by atoms with Crippen LogP contribution < -0.4 is 0 Å². The van der Waals surface area contributed by atoms with E-state index in [1.165, 1.54) is 31.5 Å². The second-order valence-electron chi connectivity index (χ2n) is 6.57. The maximum absolute atomic E-state index is 5.85. The highest BCUT2D eigenvalue weighted by atomic mass is 16.5. The fourth-order valence-corrected chi connectivity index (χ4v) is 3.70. The second-order valence-corrected chi connectivity index (χ2v) is 6.57. The van der Waals surface area contributed by atoms with Crippen molar-refractivity contribution in [1.82, 2.24) is 14.8 Å². The third kappa shape index (κ3) is 4.02. The lowest BCUT2D eigenvalue weighted by molar-refractivity contribution is -0.0865. The van der Waals surface area contributed by atoms with Gasteiger partial charge in [-0.3, -0.25) is 14.8 Å². The van der Waals surface area contributed by atoms with E-state index in [-0.39, 0.29) is 0 Å². The van der Waals surface area contributed by atoms with Crippen LogP contribution in [0.4, 0.5) is 0 Å². The Hall–Kier alpha value is -0.970. The summed E-state index contributed by atoms with van der Waals surface area (Å²) in [7, 11) is 0. The highest BCUT2D eigenvalue weighted by molar-refractivity contribution is 5.09. The molecule has 2 unspecified atom stereocenters. The van der Waals surface area contributed by atoms with Crippen LogP contribution in [0, 0.1) is 0 Å². The molecule has 4 heteroatoms. The standard InChI is InChI=1S/C17H27N3O/c1-14-11-20(12-15(2)21-14)17-5-9-19(10-6-17)13-16-3-7-18-8-4-16/h3-4,7-8,14-15,17H,5-6,9-13H2,1-2H3. The summed E-state index contributed by atoms with van der Waals surface area (Å²) in [4.78, 5) is 9.31. The molecule has 2 atom stereocenters. The second kappa shape index (κ2) is 6.86. The number of piperidine rings is 1. The van der Waals surface area contributed by atoms with E-state index in [0.29, 0.717) is 12.2 Å². The number of pyridine rings is 1. The molecule has 0 aliphatic carbocycles. The monoisotopic (exact) mass is 289 g/mol. The molecule has 0 bridgehead atoms. The first kappa shape index (κ1) is 14.9. The molecule has 2 aliphatic rings. The lowest BCUT2D eigenvalue weighted by Gasteiger charge is -2.43. The van der Waals surface area contributed by atoms with Crippen LogP contribution in [0.5, 0.6) is 0 Å². The van der Waals surface area contributed by atoms with E-state index in [4.69, 9.17) is 4.74 Å². The van der Waals surface area contributed by atoms with Crippen molar-refractivity contribution in [2.75, 3.05) is 26.2 Å². The molecule has 116 valence electrons. The number of nitrogens with zero attached hydrogens (tertiary/aromatic N) is 3. The molecule has 2 fully saturated rings. The van der Waals surface area contributed by atoms with E-state index in [2.05, 4.69) is 40.8 Å². The maximum atomic E-state index is 5.85. The first-order valence-electron chi connectivity index (χ1n) is 8.21. The average Bonchev–Trinajstić information content (AvgIpc) is 2.48. The zero-order chi connectivity index (χ0) is 14.7. The van der Waals surface area contributed by atoms with Crippen molar-refractivity contribution in [3.05, 3.63) is 30.1 Å². The zero-order valence-corrected chi connectivity index (χ0v) is 13.2. The number of hydrogen-bond acceptors (Lipinski definition) is 4. The molecule has 0 radical (unpaired) electrons. The fourth-order valence-electron chi connectivity index (χ4n) is 3.70. The minimum Gasteiger partial charge on any atom is -0.373 e. The minimum absolute atomic E-state index is 0.378. The molecule has 1 aromatic rings. The Morgan fingerprint density at radius 3 is 2.33 bits per heavy atom. The number of ether oxygens (including phenoxy) is 1. The van der Waals surface area contributed by atoms with Crippen molar-refractivity contribution in [3.8, 4) is 0 Å². The molecule has 0 N–H and O–H groups in total. The fraction of sp³-hybridized carbons (Fsp3) is 0.706. The highest BCUT2D eigenvalue weighted by Crippen LogP contribution is 2.22. The Morgan fingerprint density at radius 1 is 1.10 bits per heavy atom. The van der Waals surface area contributed by atoms with E-state index in [1.54, 1.807) is 0 Å². The number of aromatic nitrogens is 1. The van der Waals surface area contributed by atoms with Gasteiger partial charge in [0.1, 0.15) is 0 Å². The minimum atomic E-state index is 0.378. The van der Waals surface area contributed by atoms with Gasteiger partial charge in [0.15, 0.2) is 0 Å². The Morgan fingerprint density at radius 2 is 1.71 bits per heavy atom. The lowest BCUT2D eigenvalue weighted by atomic mass is 10.0. The Kier molecular flexibility index (Phi) is 4.88. The van der Waals surface area contributed by atoms with Crippen LogP contribution >= 0.6 is 0 Å². The third-order valence-corrected chi connectivity index (χ3v) is 4.68. The van der Waals surface area contributed by atoms with Crippen LogP contribution in [0.3, 0.4) is 0 Å². The van der Waals surface area contributed by atoms with Crippen LogP contribution in [0.1, 0.15) is 32.3 Å². The average molecular weight is 289 g/mol. The molecule has 21 heavy (non-hydrogen) atoms. The smallest absolute Gasteiger partial charge is 0.0678 e. The van der Waals surface area contributed by atoms with Crippen LogP contribution in [0.2, 0.25) is 0 Å². The van der Waals surface area contributed by atoms with Gasteiger partial charge in [-0.1, -0.05) is 0 Å². The SMILES string of the molecule is CC1CN(C2CCN(Cc3ccncc3)CC2)CC(C)O1. The summed E-state index contributed by atoms with van der Waals surface area (Å²) >= 11 is 0. The number of morpholine rings is 1. The largest absolute Gasteiger partial charge is 0.373 e. The predicted molar refractivity (Wildman–Crippen MR) is 84.1 cm³/mol. The highest BCUT2D eigenvalue weighted by Gasteiger charge is 2.30. The topological polar surface area (TPSA) is 28.6 Å². The van der Waals surface area contributed by atoms with Gasteiger partial charge in [-0.25, -0.2) is 0 Å². The van der Waals surface area contributed by atoms with Gasteiger partial charge in [0.25, 0.3) is 0 Å². The van der Waals surface area contributed by atoms with Gasteiger partial charge in [0.05, 0.1) is 12.2 Å². The molecule has 3 rings (SSSR count). The number of likely N-dealkylation sites (tertiary alicyclic amines) is 1. The van der Waals surface area contributed by atoms with Gasteiger partial charge in [-0.2, -0.15) is 0 Å². The number of rotatable bonds is 3. The van der Waals surface area contributed by atoms with Crippen molar-refractivity contribution < 1.29 is 4.74 Å². The summed E-state index contributed by atoms with van der Waals surface area (Å²) < 4.78 is 5.85. The quantitative estimate of drug-likeness (QED) is 0.852. The summed E-state index contributed by atoms with van der Waals surface area (Å²) in [5.74, 6) is 0. The van der Waals surface area contributed by atoms with Crippen molar-refractivity contribution in [2.45, 2.75) is 51.5 Å². The van der Waals surface area contributed by atoms with E-state index >= 15 is 0 Å². The van der Waals surface area contributed by atoms with Gasteiger partial charge in [-0.15, -0.1) is 0 Å². The van der Waals surface area contributed by atoms with Crippen molar-refractivity contribution in [3.63, 3.8) is 0 Å². The van der Waals surface area contributed by atoms with Crippen LogP contribution in [0.25, 0.3) is 0 Å². The molecule has 0 spiro atoms. The summed E-state index contributed by atoms with van der Waals surface area (Å²) in [6, 6.07) is 4.99. The zero-order valence-electron chi connectivity index (χ0n) is 13.2. The molecular weight excluding hydrogens is 262 g/mol. The Bertz CT molecular complexity index is 421. The van der Waals surface area contributed by atoms with Crippen LogP contribution in [-0.4, -0.2) is 59.2 Å². The Labute approximate surface area is 128 Å². The predicted octanol–water partition coefficient (Wildman–Crippen LogP) is 2.16. The lowest BCUT2D eigenvalue weighted by Crippen LogP contribution is -2.53. The van der Waals surface area contributed by atoms with E-state index in [9.17, 15) is 0 Å². The van der Waals surface area contributed by atoms with E-state index in [1.807, 2.05) is 12.4 Å². The molecule has 0 aromatic carbocycles. The van der Waals surface area contributed by atoms with Gasteiger partial charge in [0, 0.05) is 38.1 Å². The first-order chi connectivity index (χ1) is 10.2. The molecule has 2 saturated heterocycles.